The van der Waals surface area contributed by atoms with Crippen LogP contribution in [0.2, 0.25) is 0 Å². The lowest BCUT2D eigenvalue weighted by Crippen LogP contribution is -2.24. The van der Waals surface area contributed by atoms with Gasteiger partial charge in [0, 0.05) is 23.9 Å². The molecule has 0 radical (unpaired) electrons. The van der Waals surface area contributed by atoms with Gasteiger partial charge in [0.1, 0.15) is 0 Å². The highest BCUT2D eigenvalue weighted by atomic mass is 14.9. The summed E-state index contributed by atoms with van der Waals surface area (Å²) >= 11 is 0. The third-order valence-corrected chi connectivity index (χ3v) is 4.24. The first-order valence-corrected chi connectivity index (χ1v) is 6.98. The van der Waals surface area contributed by atoms with Crippen molar-refractivity contribution in [2.75, 3.05) is 7.05 Å². The predicted molar refractivity (Wildman–Crippen MR) is 78.3 cm³/mol. The maximum atomic E-state index is 4.62. The number of hydrogen-bond acceptors (Lipinski definition) is 2. The first kappa shape index (κ1) is 12.4. The standard InChI is InChI=1S/C17H20N2/c1-12-6-3-4-8-14(12)17(18-2)15-10-9-13-7-5-11-19-16(13)15/h3-8,11,15,17-18H,9-10H2,1-2H3. The van der Waals surface area contributed by atoms with Crippen molar-refractivity contribution in [3.8, 4) is 0 Å². The Balaban J connectivity index is 1.99. The maximum Gasteiger partial charge on any atom is 0.0485 e. The van der Waals surface area contributed by atoms with Gasteiger partial charge < -0.3 is 5.32 Å². The number of benzene rings is 1. The van der Waals surface area contributed by atoms with E-state index in [1.54, 1.807) is 0 Å². The summed E-state index contributed by atoms with van der Waals surface area (Å²) < 4.78 is 0. The van der Waals surface area contributed by atoms with Crippen LogP contribution in [0.1, 0.15) is 40.8 Å². The molecule has 0 fully saturated rings. The molecule has 3 rings (SSSR count). The quantitative estimate of drug-likeness (QED) is 0.906. The Hall–Kier alpha value is -1.67. The molecule has 1 aliphatic carbocycles. The molecule has 0 aliphatic heterocycles. The molecule has 0 saturated heterocycles. The van der Waals surface area contributed by atoms with Gasteiger partial charge in [-0.15, -0.1) is 0 Å². The van der Waals surface area contributed by atoms with E-state index in [2.05, 4.69) is 54.6 Å². The Morgan fingerprint density at radius 2 is 2.05 bits per heavy atom. The third-order valence-electron chi connectivity index (χ3n) is 4.24. The van der Waals surface area contributed by atoms with Crippen LogP contribution < -0.4 is 5.32 Å². The fourth-order valence-corrected chi connectivity index (χ4v) is 3.28. The van der Waals surface area contributed by atoms with Crippen LogP contribution in [-0.4, -0.2) is 12.0 Å². The van der Waals surface area contributed by atoms with E-state index in [-0.39, 0.29) is 0 Å². The van der Waals surface area contributed by atoms with E-state index >= 15 is 0 Å². The summed E-state index contributed by atoms with van der Waals surface area (Å²) in [7, 11) is 2.05. The van der Waals surface area contributed by atoms with Crippen molar-refractivity contribution in [2.24, 2.45) is 0 Å². The Kier molecular flexibility index (Phi) is 3.34. The summed E-state index contributed by atoms with van der Waals surface area (Å²) in [5.74, 6) is 0.488. The van der Waals surface area contributed by atoms with Gasteiger partial charge in [-0.25, -0.2) is 0 Å². The first-order chi connectivity index (χ1) is 9.31. The zero-order valence-electron chi connectivity index (χ0n) is 11.6. The molecule has 1 aromatic heterocycles. The van der Waals surface area contributed by atoms with Gasteiger partial charge in [0.15, 0.2) is 0 Å². The van der Waals surface area contributed by atoms with Gasteiger partial charge in [0.25, 0.3) is 0 Å². The number of nitrogens with one attached hydrogen (secondary N) is 1. The average Bonchev–Trinajstić information content (AvgIpc) is 2.86. The third kappa shape index (κ3) is 2.17. The highest BCUT2D eigenvalue weighted by Gasteiger charge is 2.31. The van der Waals surface area contributed by atoms with E-state index < -0.39 is 0 Å². The summed E-state index contributed by atoms with van der Waals surface area (Å²) in [6, 6.07) is 13.3. The minimum Gasteiger partial charge on any atom is -0.312 e. The van der Waals surface area contributed by atoms with E-state index in [1.165, 1.54) is 28.8 Å². The summed E-state index contributed by atoms with van der Waals surface area (Å²) in [5.41, 5.74) is 5.45. The van der Waals surface area contributed by atoms with E-state index in [9.17, 15) is 0 Å². The van der Waals surface area contributed by atoms with Crippen molar-refractivity contribution < 1.29 is 0 Å². The van der Waals surface area contributed by atoms with Gasteiger partial charge in [-0.1, -0.05) is 30.3 Å². The van der Waals surface area contributed by atoms with Crippen molar-refractivity contribution in [3.63, 3.8) is 0 Å². The van der Waals surface area contributed by atoms with Gasteiger partial charge in [0.05, 0.1) is 0 Å². The second kappa shape index (κ2) is 5.14. The van der Waals surface area contributed by atoms with Crippen LogP contribution >= 0.6 is 0 Å². The van der Waals surface area contributed by atoms with Crippen LogP contribution in [0.3, 0.4) is 0 Å². The van der Waals surface area contributed by atoms with Crippen molar-refractivity contribution in [1.82, 2.24) is 10.3 Å². The van der Waals surface area contributed by atoms with Gasteiger partial charge in [0.2, 0.25) is 0 Å². The molecule has 0 bridgehead atoms. The van der Waals surface area contributed by atoms with Crippen molar-refractivity contribution in [3.05, 3.63) is 65.0 Å². The van der Waals surface area contributed by atoms with Crippen molar-refractivity contribution >= 4 is 0 Å². The molecule has 2 unspecified atom stereocenters. The highest BCUT2D eigenvalue weighted by Crippen LogP contribution is 2.40. The number of pyridine rings is 1. The molecule has 0 saturated carbocycles. The predicted octanol–water partition coefficient (Wildman–Crippen LogP) is 3.38. The molecule has 1 aromatic carbocycles. The SMILES string of the molecule is CNC(c1ccccc1C)C1CCc2cccnc21. The molecular weight excluding hydrogens is 232 g/mol. The van der Waals surface area contributed by atoms with Gasteiger partial charge >= 0.3 is 0 Å². The number of rotatable bonds is 3. The number of aryl methyl sites for hydroxylation is 2. The average molecular weight is 252 g/mol. The molecule has 2 nitrogen and oxygen atoms in total. The van der Waals surface area contributed by atoms with E-state index in [0.717, 1.165) is 6.42 Å². The molecule has 1 heterocycles. The maximum absolute atomic E-state index is 4.62. The fraction of sp³-hybridized carbons (Fsp3) is 0.353. The fourth-order valence-electron chi connectivity index (χ4n) is 3.28. The van der Waals surface area contributed by atoms with Crippen LogP contribution in [0.4, 0.5) is 0 Å². The molecule has 2 aromatic rings. The summed E-state index contributed by atoms with van der Waals surface area (Å²) in [6.45, 7) is 2.19. The highest BCUT2D eigenvalue weighted by molar-refractivity contribution is 5.36. The molecule has 2 heteroatoms. The molecule has 0 spiro atoms. The minimum absolute atomic E-state index is 0.359. The van der Waals surface area contributed by atoms with E-state index in [0.29, 0.717) is 12.0 Å². The normalized spacial score (nSPS) is 19.2. The Bertz CT molecular complexity index is 577. The second-order valence-electron chi connectivity index (χ2n) is 5.32. The minimum atomic E-state index is 0.359. The molecule has 0 amide bonds. The summed E-state index contributed by atoms with van der Waals surface area (Å²) in [5, 5.41) is 3.50. The Morgan fingerprint density at radius 1 is 1.21 bits per heavy atom. The topological polar surface area (TPSA) is 24.9 Å². The number of nitrogens with zero attached hydrogens (tertiary/aromatic N) is 1. The lowest BCUT2D eigenvalue weighted by molar-refractivity contribution is 0.468. The van der Waals surface area contributed by atoms with Crippen LogP contribution in [0.25, 0.3) is 0 Å². The van der Waals surface area contributed by atoms with Gasteiger partial charge in [-0.3, -0.25) is 4.98 Å². The number of fused-ring (bicyclic) bond motifs is 1. The molecule has 2 atom stereocenters. The lowest BCUT2D eigenvalue weighted by atomic mass is 9.88. The summed E-state index contributed by atoms with van der Waals surface area (Å²) in [6.07, 6.45) is 4.26. The first-order valence-electron chi connectivity index (χ1n) is 6.98. The lowest BCUT2D eigenvalue weighted by Gasteiger charge is -2.25. The van der Waals surface area contributed by atoms with Crippen LogP contribution in [0, 0.1) is 6.92 Å². The largest absolute Gasteiger partial charge is 0.312 e. The number of hydrogen-bond donors (Lipinski definition) is 1. The molecular formula is C17H20N2. The monoisotopic (exact) mass is 252 g/mol. The molecule has 1 aliphatic rings. The summed E-state index contributed by atoms with van der Waals surface area (Å²) in [4.78, 5) is 4.62. The zero-order valence-corrected chi connectivity index (χ0v) is 11.6. The van der Waals surface area contributed by atoms with Crippen molar-refractivity contribution in [2.45, 2.75) is 31.7 Å². The Morgan fingerprint density at radius 3 is 2.84 bits per heavy atom. The Labute approximate surface area is 114 Å². The van der Waals surface area contributed by atoms with Crippen LogP contribution in [-0.2, 0) is 6.42 Å². The van der Waals surface area contributed by atoms with E-state index in [4.69, 9.17) is 0 Å². The van der Waals surface area contributed by atoms with E-state index in [1.807, 2.05) is 12.3 Å². The van der Waals surface area contributed by atoms with Crippen molar-refractivity contribution in [1.29, 1.82) is 0 Å². The van der Waals surface area contributed by atoms with Gasteiger partial charge in [-0.2, -0.15) is 0 Å². The number of likely N-dealkylation sites (N-methyl/N-ethyl adjacent to an activating group) is 1. The second-order valence-corrected chi connectivity index (χ2v) is 5.32. The smallest absolute Gasteiger partial charge is 0.0485 e. The zero-order chi connectivity index (χ0) is 13.2. The molecule has 19 heavy (non-hydrogen) atoms. The number of aromatic nitrogens is 1. The van der Waals surface area contributed by atoms with Gasteiger partial charge in [-0.05, 0) is 49.6 Å². The molecule has 98 valence electrons. The molecule has 1 N–H and O–H groups in total. The van der Waals surface area contributed by atoms with Crippen LogP contribution in [0.5, 0.6) is 0 Å². The van der Waals surface area contributed by atoms with Crippen LogP contribution in [0.15, 0.2) is 42.6 Å².